The number of carboxylic acid groups (broad SMARTS) is 1. The molecule has 0 radical (unpaired) electrons. The minimum Gasteiger partial charge on any atom is -0.478 e. The molecule has 1 N–H and O–H groups in total. The van der Waals surface area contributed by atoms with Crippen LogP contribution in [0.15, 0.2) is 24.5 Å². The molecular formula is C8H6N2O4. The number of hydrogen-bond acceptors (Lipinski definition) is 4. The van der Waals surface area contributed by atoms with E-state index in [1.165, 1.54) is 18.3 Å². The van der Waals surface area contributed by atoms with Crippen LogP contribution in [0.3, 0.4) is 0 Å². The first-order chi connectivity index (χ1) is 6.59. The molecule has 0 fully saturated rings. The summed E-state index contributed by atoms with van der Waals surface area (Å²) in [6.07, 6.45) is 4.56. The van der Waals surface area contributed by atoms with Gasteiger partial charge in [-0.3, -0.25) is 15.1 Å². The second-order valence-electron chi connectivity index (χ2n) is 2.41. The summed E-state index contributed by atoms with van der Waals surface area (Å²) in [6.45, 7) is 0. The third-order valence-electron chi connectivity index (χ3n) is 1.37. The lowest BCUT2D eigenvalue weighted by molar-refractivity contribution is -0.385. The summed E-state index contributed by atoms with van der Waals surface area (Å²) in [5.41, 5.74) is 0.208. The van der Waals surface area contributed by atoms with Crippen LogP contribution in [0.1, 0.15) is 5.56 Å². The van der Waals surface area contributed by atoms with Gasteiger partial charge in [-0.15, -0.1) is 0 Å². The Morgan fingerprint density at radius 1 is 1.57 bits per heavy atom. The number of pyridine rings is 1. The predicted molar refractivity (Wildman–Crippen MR) is 47.6 cm³/mol. The van der Waals surface area contributed by atoms with Gasteiger partial charge in [0.25, 0.3) is 5.69 Å². The fourth-order valence-electron chi connectivity index (χ4n) is 0.804. The van der Waals surface area contributed by atoms with Crippen molar-refractivity contribution in [2.24, 2.45) is 0 Å². The summed E-state index contributed by atoms with van der Waals surface area (Å²) in [6, 6.07) is 1.24. The first-order valence-corrected chi connectivity index (χ1v) is 3.60. The summed E-state index contributed by atoms with van der Waals surface area (Å²) in [7, 11) is 0. The Morgan fingerprint density at radius 2 is 2.29 bits per heavy atom. The van der Waals surface area contributed by atoms with Crippen molar-refractivity contribution in [2.75, 3.05) is 0 Å². The second kappa shape index (κ2) is 4.13. The molecule has 0 aliphatic heterocycles. The average Bonchev–Trinajstić information content (AvgIpc) is 2.15. The normalized spacial score (nSPS) is 10.3. The summed E-state index contributed by atoms with van der Waals surface area (Å²) >= 11 is 0. The molecule has 0 amide bonds. The molecule has 14 heavy (non-hydrogen) atoms. The molecule has 1 aromatic heterocycles. The van der Waals surface area contributed by atoms with Crippen molar-refractivity contribution in [3.63, 3.8) is 0 Å². The zero-order valence-corrected chi connectivity index (χ0v) is 6.95. The highest BCUT2D eigenvalue weighted by Gasteiger charge is 2.04. The van der Waals surface area contributed by atoms with Crippen molar-refractivity contribution in [1.29, 1.82) is 0 Å². The largest absolute Gasteiger partial charge is 0.478 e. The van der Waals surface area contributed by atoms with Crippen LogP contribution in [-0.4, -0.2) is 21.0 Å². The molecular weight excluding hydrogens is 188 g/mol. The standard InChI is InChI=1S/C8H6N2O4/c11-8(12)2-1-6-3-7(10(13)14)5-9-4-6/h1-5H,(H,11,12)/b2-1+. The topological polar surface area (TPSA) is 93.3 Å². The van der Waals surface area contributed by atoms with Crippen molar-refractivity contribution in [3.05, 3.63) is 40.2 Å². The third-order valence-corrected chi connectivity index (χ3v) is 1.37. The van der Waals surface area contributed by atoms with Crippen molar-refractivity contribution < 1.29 is 14.8 Å². The number of rotatable bonds is 3. The van der Waals surface area contributed by atoms with Crippen molar-refractivity contribution >= 4 is 17.7 Å². The van der Waals surface area contributed by atoms with E-state index in [1.54, 1.807) is 0 Å². The van der Waals surface area contributed by atoms with Crippen LogP contribution in [-0.2, 0) is 4.79 Å². The quantitative estimate of drug-likeness (QED) is 0.441. The van der Waals surface area contributed by atoms with Gasteiger partial charge in [0.15, 0.2) is 0 Å². The molecule has 1 rings (SSSR count). The Kier molecular flexibility index (Phi) is 2.90. The lowest BCUT2D eigenvalue weighted by Gasteiger charge is -1.92. The predicted octanol–water partition coefficient (Wildman–Crippen LogP) is 1.09. The fraction of sp³-hybridized carbons (Fsp3) is 0. The molecule has 0 saturated heterocycles. The van der Waals surface area contributed by atoms with E-state index < -0.39 is 10.9 Å². The molecule has 0 saturated carbocycles. The summed E-state index contributed by atoms with van der Waals surface area (Å²) in [5, 5.41) is 18.6. The van der Waals surface area contributed by atoms with Crippen molar-refractivity contribution in [2.45, 2.75) is 0 Å². The van der Waals surface area contributed by atoms with Crippen LogP contribution < -0.4 is 0 Å². The first-order valence-electron chi connectivity index (χ1n) is 3.60. The van der Waals surface area contributed by atoms with Crippen LogP contribution >= 0.6 is 0 Å². The highest BCUT2D eigenvalue weighted by molar-refractivity contribution is 5.85. The van der Waals surface area contributed by atoms with E-state index in [0.717, 1.165) is 12.3 Å². The molecule has 0 bridgehead atoms. The maximum absolute atomic E-state index is 10.3. The Labute approximate surface area is 78.7 Å². The number of nitrogens with zero attached hydrogens (tertiary/aromatic N) is 2. The highest BCUT2D eigenvalue weighted by atomic mass is 16.6. The molecule has 6 nitrogen and oxygen atoms in total. The maximum atomic E-state index is 10.3. The molecule has 0 unspecified atom stereocenters. The lowest BCUT2D eigenvalue weighted by Crippen LogP contribution is -1.90. The van der Waals surface area contributed by atoms with Gasteiger partial charge < -0.3 is 5.11 Å². The van der Waals surface area contributed by atoms with Gasteiger partial charge in [0, 0.05) is 18.3 Å². The third kappa shape index (κ3) is 2.67. The molecule has 0 aromatic carbocycles. The van der Waals surface area contributed by atoms with Gasteiger partial charge in [-0.25, -0.2) is 4.79 Å². The van der Waals surface area contributed by atoms with Crippen molar-refractivity contribution in [3.8, 4) is 0 Å². The van der Waals surface area contributed by atoms with Crippen LogP contribution in [0.5, 0.6) is 0 Å². The van der Waals surface area contributed by atoms with Crippen LogP contribution in [0, 0.1) is 10.1 Å². The zero-order chi connectivity index (χ0) is 10.6. The summed E-state index contributed by atoms with van der Waals surface area (Å²) in [5.74, 6) is -1.11. The van der Waals surface area contributed by atoms with Gasteiger partial charge in [0.2, 0.25) is 0 Å². The van der Waals surface area contributed by atoms with Gasteiger partial charge in [-0.2, -0.15) is 0 Å². The summed E-state index contributed by atoms with van der Waals surface area (Å²) in [4.78, 5) is 23.5. The SMILES string of the molecule is O=C(O)/C=C/c1cncc([N+](=O)[O-])c1. The maximum Gasteiger partial charge on any atom is 0.328 e. The Bertz CT molecular complexity index is 400. The average molecular weight is 194 g/mol. The first kappa shape index (κ1) is 9.85. The number of aromatic nitrogens is 1. The Balaban J connectivity index is 2.94. The second-order valence-corrected chi connectivity index (χ2v) is 2.41. The number of aliphatic carboxylic acids is 1. The van der Waals surface area contributed by atoms with Gasteiger partial charge in [-0.1, -0.05) is 0 Å². The molecule has 0 aliphatic rings. The van der Waals surface area contributed by atoms with E-state index in [1.807, 2.05) is 0 Å². The fourth-order valence-corrected chi connectivity index (χ4v) is 0.804. The van der Waals surface area contributed by atoms with Gasteiger partial charge in [0.05, 0.1) is 4.92 Å². The van der Waals surface area contributed by atoms with E-state index >= 15 is 0 Å². The molecule has 0 aliphatic carbocycles. The minimum atomic E-state index is -1.11. The zero-order valence-electron chi connectivity index (χ0n) is 6.95. The highest BCUT2D eigenvalue weighted by Crippen LogP contribution is 2.11. The Morgan fingerprint density at radius 3 is 2.86 bits per heavy atom. The Hall–Kier alpha value is -2.24. The number of carbonyl (C=O) groups is 1. The molecule has 1 aromatic rings. The minimum absolute atomic E-state index is 0.169. The molecule has 6 heteroatoms. The number of carboxylic acids is 1. The van der Waals surface area contributed by atoms with E-state index in [9.17, 15) is 14.9 Å². The number of nitro groups is 1. The monoisotopic (exact) mass is 194 g/mol. The van der Waals surface area contributed by atoms with Crippen molar-refractivity contribution in [1.82, 2.24) is 4.98 Å². The summed E-state index contributed by atoms with van der Waals surface area (Å²) < 4.78 is 0. The van der Waals surface area contributed by atoms with Gasteiger partial charge >= 0.3 is 5.97 Å². The molecule has 0 atom stereocenters. The van der Waals surface area contributed by atoms with Gasteiger partial charge in [0.1, 0.15) is 6.20 Å². The molecule has 1 heterocycles. The van der Waals surface area contributed by atoms with Crippen LogP contribution in [0.2, 0.25) is 0 Å². The smallest absolute Gasteiger partial charge is 0.328 e. The molecule has 0 spiro atoms. The number of hydrogen-bond donors (Lipinski definition) is 1. The van der Waals surface area contributed by atoms with Gasteiger partial charge in [-0.05, 0) is 11.6 Å². The van der Waals surface area contributed by atoms with Crippen LogP contribution in [0.25, 0.3) is 6.08 Å². The van der Waals surface area contributed by atoms with E-state index in [4.69, 9.17) is 5.11 Å². The van der Waals surface area contributed by atoms with E-state index in [0.29, 0.717) is 5.56 Å². The van der Waals surface area contributed by atoms with E-state index in [2.05, 4.69) is 4.98 Å². The van der Waals surface area contributed by atoms with E-state index in [-0.39, 0.29) is 5.69 Å². The van der Waals surface area contributed by atoms with Crippen LogP contribution in [0.4, 0.5) is 5.69 Å². The molecule has 72 valence electrons. The lowest BCUT2D eigenvalue weighted by atomic mass is 10.2.